The number of alkyl halides is 4. The van der Waals surface area contributed by atoms with E-state index >= 15 is 0 Å². The van der Waals surface area contributed by atoms with Gasteiger partial charge in [0, 0.05) is 102 Å². The Morgan fingerprint density at radius 1 is 0.375 bits per heavy atom. The summed E-state index contributed by atoms with van der Waals surface area (Å²) in [6.45, 7) is 12.6. The summed E-state index contributed by atoms with van der Waals surface area (Å²) in [5, 5.41) is 10.8. The summed E-state index contributed by atoms with van der Waals surface area (Å²) in [6, 6.07) is -0.171. The maximum atomic E-state index is 11.3. The maximum absolute atomic E-state index is 11.3. The molecule has 4 aliphatic heterocycles. The van der Waals surface area contributed by atoms with E-state index in [-0.39, 0.29) is 24.1 Å². The van der Waals surface area contributed by atoms with Gasteiger partial charge < -0.3 is 59.8 Å². The van der Waals surface area contributed by atoms with Crippen LogP contribution in [-0.2, 0) is 18.9 Å². The number of urea groups is 4. The van der Waals surface area contributed by atoms with Crippen LogP contribution < -0.4 is 21.3 Å². The Morgan fingerprint density at radius 3 is 0.688 bits per heavy atom. The molecule has 48 heavy (non-hydrogen) atoms. The first kappa shape index (κ1) is 44.1. The van der Waals surface area contributed by atoms with Crippen LogP contribution in [0.3, 0.4) is 0 Å². The van der Waals surface area contributed by atoms with E-state index in [2.05, 4.69) is 21.3 Å². The van der Waals surface area contributed by atoms with E-state index in [4.69, 9.17) is 65.4 Å². The normalized spacial score (nSPS) is 17.6. The lowest BCUT2D eigenvalue weighted by atomic mass is 10.4. The van der Waals surface area contributed by atoms with Crippen molar-refractivity contribution in [3.63, 3.8) is 0 Å². The van der Waals surface area contributed by atoms with Crippen LogP contribution in [0.2, 0.25) is 0 Å². The summed E-state index contributed by atoms with van der Waals surface area (Å²) in [6.07, 6.45) is 0. The van der Waals surface area contributed by atoms with Gasteiger partial charge in [0.25, 0.3) is 0 Å². The van der Waals surface area contributed by atoms with E-state index in [0.717, 1.165) is 0 Å². The lowest BCUT2D eigenvalue weighted by Gasteiger charge is -2.26. The first-order chi connectivity index (χ1) is 23.4. The van der Waals surface area contributed by atoms with Crippen molar-refractivity contribution in [1.82, 2.24) is 40.9 Å². The fraction of sp³-hybridized carbons (Fsp3) is 0.857. The van der Waals surface area contributed by atoms with Crippen LogP contribution >= 0.6 is 46.4 Å². The topological polar surface area (TPSA) is 166 Å². The number of amides is 8. The van der Waals surface area contributed by atoms with E-state index < -0.39 is 0 Å². The van der Waals surface area contributed by atoms with Crippen molar-refractivity contribution in [3.05, 3.63) is 0 Å². The van der Waals surface area contributed by atoms with Gasteiger partial charge in [-0.3, -0.25) is 0 Å². The van der Waals surface area contributed by atoms with E-state index in [0.29, 0.717) is 155 Å². The molecule has 4 N–H and O–H groups in total. The summed E-state index contributed by atoms with van der Waals surface area (Å²) in [5.74, 6) is 1.82. The minimum Gasteiger partial charge on any atom is -0.378 e. The lowest BCUT2D eigenvalue weighted by molar-refractivity contribution is 0.0533. The van der Waals surface area contributed by atoms with E-state index in [1.54, 1.807) is 19.6 Å². The molecule has 8 amide bonds. The minimum atomic E-state index is -0.0426. The largest absolute Gasteiger partial charge is 0.378 e. The molecule has 280 valence electrons. The molecule has 4 saturated heterocycles. The van der Waals surface area contributed by atoms with Crippen molar-refractivity contribution in [3.8, 4) is 0 Å². The molecule has 0 bridgehead atoms. The second-order valence-electron chi connectivity index (χ2n) is 10.1. The Balaban J connectivity index is 0.000000320. The van der Waals surface area contributed by atoms with Crippen LogP contribution in [0.25, 0.3) is 0 Å². The Labute approximate surface area is 303 Å². The van der Waals surface area contributed by atoms with Crippen molar-refractivity contribution in [2.24, 2.45) is 0 Å². The fourth-order valence-electron chi connectivity index (χ4n) is 4.13. The molecular formula is C28H52Cl4N8O8. The third-order valence-corrected chi connectivity index (χ3v) is 7.43. The highest BCUT2D eigenvalue weighted by Crippen LogP contribution is 1.99. The van der Waals surface area contributed by atoms with Crippen LogP contribution in [0.4, 0.5) is 19.2 Å². The highest BCUT2D eigenvalue weighted by atomic mass is 35.5. The smallest absolute Gasteiger partial charge is 0.317 e. The average Bonchev–Trinajstić information content (AvgIpc) is 3.16. The van der Waals surface area contributed by atoms with Gasteiger partial charge in [-0.05, 0) is 0 Å². The van der Waals surface area contributed by atoms with Crippen LogP contribution in [0.5, 0.6) is 0 Å². The number of carbonyl (C=O) groups excluding carboxylic acids is 4. The molecule has 0 spiro atoms. The summed E-state index contributed by atoms with van der Waals surface area (Å²) in [5.41, 5.74) is 0. The molecule has 4 heterocycles. The third kappa shape index (κ3) is 21.2. The number of nitrogens with zero attached hydrogens (tertiary/aromatic N) is 4. The molecule has 0 aromatic heterocycles. The fourth-order valence-corrected chi connectivity index (χ4v) is 4.51. The summed E-state index contributed by atoms with van der Waals surface area (Å²) < 4.78 is 20.4. The highest BCUT2D eigenvalue weighted by Gasteiger charge is 2.18. The molecule has 0 atom stereocenters. The van der Waals surface area contributed by atoms with E-state index in [1.165, 1.54) is 0 Å². The summed E-state index contributed by atoms with van der Waals surface area (Å²) in [7, 11) is 0. The predicted molar refractivity (Wildman–Crippen MR) is 186 cm³/mol. The van der Waals surface area contributed by atoms with Gasteiger partial charge in [-0.15, -0.1) is 46.4 Å². The number of morpholine rings is 4. The standard InChI is InChI=1S/4C7H13ClN2O2/c4*8-1-2-9-7(11)10-3-5-12-6-4-10/h4*1-6H2,(H,9,11). The quantitative estimate of drug-likeness (QED) is 0.266. The zero-order valence-electron chi connectivity index (χ0n) is 27.5. The summed E-state index contributed by atoms with van der Waals surface area (Å²) in [4.78, 5) is 52.0. The Hall–Kier alpha value is -1.92. The molecule has 20 heteroatoms. The molecular weight excluding hydrogens is 718 g/mol. The van der Waals surface area contributed by atoms with Gasteiger partial charge in [0.2, 0.25) is 0 Å². The van der Waals surface area contributed by atoms with E-state index in [9.17, 15) is 19.2 Å². The Bertz CT molecular complexity index is 729. The second-order valence-corrected chi connectivity index (χ2v) is 11.6. The number of halogens is 4. The Kier molecular flexibility index (Phi) is 27.5. The van der Waals surface area contributed by atoms with Crippen molar-refractivity contribution in [1.29, 1.82) is 0 Å². The highest BCUT2D eigenvalue weighted by molar-refractivity contribution is 6.18. The van der Waals surface area contributed by atoms with Gasteiger partial charge >= 0.3 is 24.1 Å². The molecule has 0 unspecified atom stereocenters. The van der Waals surface area contributed by atoms with Crippen molar-refractivity contribution in [2.45, 2.75) is 0 Å². The predicted octanol–water partition coefficient (Wildman–Crippen LogP) is 1.07. The first-order valence-corrected chi connectivity index (χ1v) is 18.2. The average molecular weight is 771 g/mol. The van der Waals surface area contributed by atoms with Gasteiger partial charge in [0.05, 0.1) is 52.9 Å². The molecule has 0 aliphatic carbocycles. The maximum Gasteiger partial charge on any atom is 0.317 e. The summed E-state index contributed by atoms with van der Waals surface area (Å²) >= 11 is 21.7. The van der Waals surface area contributed by atoms with Gasteiger partial charge in [-0.25, -0.2) is 19.2 Å². The molecule has 4 fully saturated rings. The zero-order chi connectivity index (χ0) is 35.2. The number of hydrogen-bond acceptors (Lipinski definition) is 8. The monoisotopic (exact) mass is 768 g/mol. The molecule has 4 aliphatic rings. The molecule has 16 nitrogen and oxygen atoms in total. The lowest BCUT2D eigenvalue weighted by Crippen LogP contribution is -2.46. The van der Waals surface area contributed by atoms with Crippen LogP contribution in [0, 0.1) is 0 Å². The van der Waals surface area contributed by atoms with Crippen molar-refractivity contribution in [2.75, 3.05) is 155 Å². The van der Waals surface area contributed by atoms with Gasteiger partial charge in [0.1, 0.15) is 0 Å². The van der Waals surface area contributed by atoms with Crippen molar-refractivity contribution < 1.29 is 38.1 Å². The Morgan fingerprint density at radius 2 is 0.542 bits per heavy atom. The van der Waals surface area contributed by atoms with E-state index in [1.807, 2.05) is 0 Å². The molecule has 0 radical (unpaired) electrons. The zero-order valence-corrected chi connectivity index (χ0v) is 30.6. The minimum absolute atomic E-state index is 0.0426. The van der Waals surface area contributed by atoms with Gasteiger partial charge in [-0.1, -0.05) is 0 Å². The SMILES string of the molecule is O=C(NCCCl)N1CCOCC1.O=C(NCCCl)N1CCOCC1.O=C(NCCCl)N1CCOCC1.O=C(NCCCl)N1CCOCC1. The number of nitrogens with one attached hydrogen (secondary N) is 4. The molecule has 0 aromatic carbocycles. The molecule has 0 saturated carbocycles. The molecule has 4 rings (SSSR count). The number of ether oxygens (including phenoxy) is 4. The van der Waals surface area contributed by atoms with Crippen LogP contribution in [0.15, 0.2) is 0 Å². The van der Waals surface area contributed by atoms with Crippen molar-refractivity contribution >= 4 is 70.5 Å². The van der Waals surface area contributed by atoms with Gasteiger partial charge in [0.15, 0.2) is 0 Å². The number of rotatable bonds is 8. The van der Waals surface area contributed by atoms with Gasteiger partial charge in [-0.2, -0.15) is 0 Å². The molecule has 0 aromatic rings. The van der Waals surface area contributed by atoms with Crippen LogP contribution in [-0.4, -0.2) is 199 Å². The second kappa shape index (κ2) is 29.9. The van der Waals surface area contributed by atoms with Crippen LogP contribution in [0.1, 0.15) is 0 Å². The first-order valence-electron chi connectivity index (χ1n) is 16.0. The third-order valence-electron chi connectivity index (χ3n) is 6.68. The number of carbonyl (C=O) groups is 4. The number of hydrogen-bond donors (Lipinski definition) is 4.